The number of aryl methyl sites for hydroxylation is 2. The van der Waals surface area contributed by atoms with Gasteiger partial charge in [-0.1, -0.05) is 18.1 Å². The molecule has 0 saturated carbocycles. The Morgan fingerprint density at radius 2 is 2.00 bits per heavy atom. The van der Waals surface area contributed by atoms with Crippen LogP contribution < -0.4 is 5.73 Å². The van der Waals surface area contributed by atoms with Gasteiger partial charge in [-0.05, 0) is 31.9 Å². The lowest BCUT2D eigenvalue weighted by Crippen LogP contribution is -2.22. The Hall–Kier alpha value is -1.75. The van der Waals surface area contributed by atoms with Gasteiger partial charge in [0.05, 0.1) is 5.92 Å². The van der Waals surface area contributed by atoms with Crippen molar-refractivity contribution in [3.05, 3.63) is 29.3 Å². The van der Waals surface area contributed by atoms with Crippen molar-refractivity contribution < 1.29 is 4.52 Å². The smallest absolute Gasteiger partial charge is 0.231 e. The van der Waals surface area contributed by atoms with E-state index in [4.69, 9.17) is 10.3 Å². The zero-order chi connectivity index (χ0) is 13.3. The van der Waals surface area contributed by atoms with Crippen LogP contribution in [0.1, 0.15) is 36.8 Å². The summed E-state index contributed by atoms with van der Waals surface area (Å²) in [6.07, 6.45) is 1.80. The second-order valence-electron chi connectivity index (χ2n) is 4.78. The van der Waals surface area contributed by atoms with Gasteiger partial charge in [0.25, 0.3) is 0 Å². The lowest BCUT2D eigenvalue weighted by atomic mass is 10.1. The van der Waals surface area contributed by atoms with Gasteiger partial charge in [0.1, 0.15) is 5.69 Å². The molecule has 2 aromatic heterocycles. The summed E-state index contributed by atoms with van der Waals surface area (Å²) in [6.45, 7) is 7.88. The van der Waals surface area contributed by atoms with Crippen LogP contribution in [-0.2, 0) is 0 Å². The quantitative estimate of drug-likeness (QED) is 0.898. The first-order chi connectivity index (χ1) is 8.49. The molecule has 5 nitrogen and oxygen atoms in total. The van der Waals surface area contributed by atoms with E-state index in [-0.39, 0.29) is 12.0 Å². The molecular weight excluding hydrogens is 228 g/mol. The van der Waals surface area contributed by atoms with Gasteiger partial charge in [0.2, 0.25) is 11.7 Å². The molecule has 2 N–H and O–H groups in total. The molecule has 0 bridgehead atoms. The first-order valence-electron chi connectivity index (χ1n) is 6.02. The molecule has 0 aromatic carbocycles. The summed E-state index contributed by atoms with van der Waals surface area (Å²) in [5, 5.41) is 3.98. The number of hydrogen-bond acceptors (Lipinski definition) is 5. The molecule has 0 amide bonds. The van der Waals surface area contributed by atoms with Gasteiger partial charge >= 0.3 is 0 Å². The molecule has 2 atom stereocenters. The third kappa shape index (κ3) is 2.41. The van der Waals surface area contributed by atoms with Gasteiger partial charge in [0, 0.05) is 12.2 Å². The summed E-state index contributed by atoms with van der Waals surface area (Å²) in [5.41, 5.74) is 8.73. The third-order valence-electron chi connectivity index (χ3n) is 3.05. The zero-order valence-corrected chi connectivity index (χ0v) is 11.1. The van der Waals surface area contributed by atoms with Crippen molar-refractivity contribution in [3.63, 3.8) is 0 Å². The number of hydrogen-bond donors (Lipinski definition) is 1. The Bertz CT molecular complexity index is 548. The minimum absolute atomic E-state index is 0.0228. The fraction of sp³-hybridized carbons (Fsp3) is 0.462. The number of aromatic nitrogens is 3. The molecule has 0 saturated heterocycles. The van der Waals surface area contributed by atoms with Crippen molar-refractivity contribution >= 4 is 0 Å². The predicted octanol–water partition coefficient (Wildman–Crippen LogP) is 2.20. The Morgan fingerprint density at radius 3 is 2.61 bits per heavy atom. The largest absolute Gasteiger partial charge is 0.339 e. The maximum atomic E-state index is 5.82. The minimum Gasteiger partial charge on any atom is -0.339 e. The normalized spacial score (nSPS) is 14.5. The summed E-state index contributed by atoms with van der Waals surface area (Å²) in [5.74, 6) is 1.12. The average Bonchev–Trinajstić information content (AvgIpc) is 2.77. The van der Waals surface area contributed by atoms with Gasteiger partial charge < -0.3 is 10.3 Å². The van der Waals surface area contributed by atoms with Crippen LogP contribution in [0.4, 0.5) is 0 Å². The molecule has 2 heterocycles. The second kappa shape index (κ2) is 4.86. The van der Waals surface area contributed by atoms with Gasteiger partial charge in [-0.15, -0.1) is 0 Å². The highest BCUT2D eigenvalue weighted by Gasteiger charge is 2.19. The van der Waals surface area contributed by atoms with Crippen LogP contribution in [0, 0.1) is 13.8 Å². The molecule has 2 unspecified atom stereocenters. The average molecular weight is 246 g/mol. The summed E-state index contributed by atoms with van der Waals surface area (Å²) in [7, 11) is 0. The van der Waals surface area contributed by atoms with E-state index in [1.54, 1.807) is 6.20 Å². The van der Waals surface area contributed by atoms with Crippen LogP contribution in [0.2, 0.25) is 0 Å². The number of pyridine rings is 1. The summed E-state index contributed by atoms with van der Waals surface area (Å²) >= 11 is 0. The molecule has 0 aliphatic rings. The molecule has 0 aliphatic heterocycles. The summed E-state index contributed by atoms with van der Waals surface area (Å²) < 4.78 is 5.25. The lowest BCUT2D eigenvalue weighted by molar-refractivity contribution is 0.346. The first-order valence-corrected chi connectivity index (χ1v) is 6.02. The van der Waals surface area contributed by atoms with E-state index in [0.29, 0.717) is 11.7 Å². The van der Waals surface area contributed by atoms with Gasteiger partial charge in [0.15, 0.2) is 0 Å². The van der Waals surface area contributed by atoms with Crippen LogP contribution in [0.15, 0.2) is 16.8 Å². The highest BCUT2D eigenvalue weighted by Crippen LogP contribution is 2.22. The maximum absolute atomic E-state index is 5.82. The highest BCUT2D eigenvalue weighted by molar-refractivity contribution is 5.54. The van der Waals surface area contributed by atoms with Crippen LogP contribution in [0.5, 0.6) is 0 Å². The van der Waals surface area contributed by atoms with Crippen LogP contribution >= 0.6 is 0 Å². The maximum Gasteiger partial charge on any atom is 0.231 e. The number of nitrogens with two attached hydrogens (primary N) is 1. The molecule has 0 fully saturated rings. The molecule has 0 aliphatic carbocycles. The Kier molecular flexibility index (Phi) is 3.43. The van der Waals surface area contributed by atoms with Gasteiger partial charge in [-0.25, -0.2) is 0 Å². The van der Waals surface area contributed by atoms with Crippen molar-refractivity contribution in [2.45, 2.75) is 39.7 Å². The topological polar surface area (TPSA) is 77.8 Å². The monoisotopic (exact) mass is 246 g/mol. The number of rotatable bonds is 3. The van der Waals surface area contributed by atoms with Gasteiger partial charge in [-0.2, -0.15) is 4.98 Å². The predicted molar refractivity (Wildman–Crippen MR) is 69.1 cm³/mol. The van der Waals surface area contributed by atoms with Crippen LogP contribution in [0.25, 0.3) is 11.5 Å². The zero-order valence-electron chi connectivity index (χ0n) is 11.1. The molecule has 5 heteroatoms. The van der Waals surface area contributed by atoms with E-state index in [2.05, 4.69) is 15.1 Å². The molecule has 18 heavy (non-hydrogen) atoms. The van der Waals surface area contributed by atoms with Crippen molar-refractivity contribution in [2.75, 3.05) is 0 Å². The fourth-order valence-electron chi connectivity index (χ4n) is 1.69. The summed E-state index contributed by atoms with van der Waals surface area (Å²) in [6, 6.07) is 2.03. The molecular formula is C13H18N4O. The molecule has 2 aromatic rings. The van der Waals surface area contributed by atoms with E-state index < -0.39 is 0 Å². The minimum atomic E-state index is -0.0228. The fourth-order valence-corrected chi connectivity index (χ4v) is 1.69. The number of nitrogens with zero attached hydrogens (tertiary/aromatic N) is 3. The molecule has 2 rings (SSSR count). The van der Waals surface area contributed by atoms with Crippen molar-refractivity contribution in [1.29, 1.82) is 0 Å². The van der Waals surface area contributed by atoms with Crippen molar-refractivity contribution in [1.82, 2.24) is 15.1 Å². The van der Waals surface area contributed by atoms with Crippen LogP contribution in [-0.4, -0.2) is 21.2 Å². The van der Waals surface area contributed by atoms with E-state index in [1.165, 1.54) is 0 Å². The van der Waals surface area contributed by atoms with E-state index in [0.717, 1.165) is 16.8 Å². The Balaban J connectivity index is 2.35. The van der Waals surface area contributed by atoms with Crippen molar-refractivity contribution in [2.24, 2.45) is 5.73 Å². The molecule has 0 spiro atoms. The molecule has 0 radical (unpaired) electrons. The Morgan fingerprint density at radius 1 is 1.28 bits per heavy atom. The SMILES string of the molecule is Cc1cnc(-c2noc(C(C)C(C)N)n2)c(C)c1. The van der Waals surface area contributed by atoms with E-state index in [1.807, 2.05) is 33.8 Å². The first kappa shape index (κ1) is 12.7. The second-order valence-corrected chi connectivity index (χ2v) is 4.78. The summed E-state index contributed by atoms with van der Waals surface area (Å²) in [4.78, 5) is 8.72. The van der Waals surface area contributed by atoms with E-state index in [9.17, 15) is 0 Å². The van der Waals surface area contributed by atoms with E-state index >= 15 is 0 Å². The lowest BCUT2D eigenvalue weighted by Gasteiger charge is -2.09. The third-order valence-corrected chi connectivity index (χ3v) is 3.05. The molecule has 96 valence electrons. The highest BCUT2D eigenvalue weighted by atomic mass is 16.5. The standard InChI is InChI=1S/C13H18N4O/c1-7-5-8(2)11(15-6-7)12-16-13(18-17-12)9(3)10(4)14/h5-6,9-10H,14H2,1-4H3. The van der Waals surface area contributed by atoms with Crippen molar-refractivity contribution in [3.8, 4) is 11.5 Å². The Labute approximate surface area is 106 Å². The van der Waals surface area contributed by atoms with Gasteiger partial charge in [-0.3, -0.25) is 4.98 Å². The van der Waals surface area contributed by atoms with Crippen LogP contribution in [0.3, 0.4) is 0 Å².